The van der Waals surface area contributed by atoms with Gasteiger partial charge in [0.1, 0.15) is 30.1 Å². The summed E-state index contributed by atoms with van der Waals surface area (Å²) in [5.41, 5.74) is 0.773. The fourth-order valence-electron chi connectivity index (χ4n) is 6.17. The lowest BCUT2D eigenvalue weighted by Crippen LogP contribution is -2.53. The molecule has 3 amide bonds. The number of rotatable bonds is 19. The van der Waals surface area contributed by atoms with Gasteiger partial charge in [-0.2, -0.15) is 0 Å². The summed E-state index contributed by atoms with van der Waals surface area (Å²) in [4.78, 5) is 92.2. The molecule has 0 aromatic heterocycles. The number of likely N-dealkylation sites (tertiary alicyclic amines) is 1. The van der Waals surface area contributed by atoms with Gasteiger partial charge in [0.15, 0.2) is 0 Å². The van der Waals surface area contributed by atoms with Crippen molar-refractivity contribution in [3.63, 3.8) is 0 Å². The molecule has 0 saturated carbocycles. The smallest absolute Gasteiger partial charge is 0.410 e. The summed E-state index contributed by atoms with van der Waals surface area (Å²) in [7, 11) is 3.16. The van der Waals surface area contributed by atoms with Gasteiger partial charge in [-0.05, 0) is 115 Å². The first-order valence-corrected chi connectivity index (χ1v) is 19.8. The van der Waals surface area contributed by atoms with Gasteiger partial charge in [-0.15, -0.1) is 0 Å². The molecule has 1 aliphatic heterocycles. The molecule has 322 valence electrons. The minimum Gasteiger partial charge on any atom is -0.496 e. The molecule has 1 saturated heterocycles. The van der Waals surface area contributed by atoms with E-state index < -0.39 is 71.4 Å². The van der Waals surface area contributed by atoms with Gasteiger partial charge in [0, 0.05) is 38.3 Å². The lowest BCUT2D eigenvalue weighted by molar-refractivity contribution is -0.165. The number of methoxy groups -OCH3 is 1. The van der Waals surface area contributed by atoms with Crippen LogP contribution < -0.4 is 10.1 Å². The van der Waals surface area contributed by atoms with Crippen LogP contribution in [0.1, 0.15) is 102 Å². The molecule has 59 heavy (non-hydrogen) atoms. The predicted molar refractivity (Wildman–Crippen MR) is 219 cm³/mol. The monoisotopic (exact) mass is 821 g/mol. The number of nitrogens with one attached hydrogen (secondary N) is 1. The first-order chi connectivity index (χ1) is 27.7. The molecule has 1 aliphatic rings. The van der Waals surface area contributed by atoms with Gasteiger partial charge in [-0.25, -0.2) is 14.4 Å². The summed E-state index contributed by atoms with van der Waals surface area (Å²) in [6.07, 6.45) is 3.43. The van der Waals surface area contributed by atoms with E-state index in [1.165, 1.54) is 35.8 Å². The summed E-state index contributed by atoms with van der Waals surface area (Å²) >= 11 is 0. The molecule has 15 nitrogen and oxygen atoms in total. The topological polar surface area (TPSA) is 195 Å². The number of piperidine rings is 1. The Hall–Kier alpha value is -5.73. The van der Waals surface area contributed by atoms with Crippen molar-refractivity contribution in [2.24, 2.45) is 5.41 Å². The maximum Gasteiger partial charge on any atom is 0.410 e. The number of nitrogens with zero attached hydrogens (tertiary/aromatic N) is 2. The zero-order valence-electron chi connectivity index (χ0n) is 35.5. The molecule has 0 bridgehead atoms. The normalized spacial score (nSPS) is 14.8. The third kappa shape index (κ3) is 15.5. The summed E-state index contributed by atoms with van der Waals surface area (Å²) in [5.74, 6) is -4.01. The van der Waals surface area contributed by atoms with E-state index in [4.69, 9.17) is 24.1 Å². The number of aryl methyl sites for hydroxylation is 2. The molecule has 3 rings (SSSR count). The Kier molecular flexibility index (Phi) is 17.7. The average molecular weight is 822 g/mol. The Balaban J connectivity index is 1.72. The highest BCUT2D eigenvalue weighted by Crippen LogP contribution is 2.31. The van der Waals surface area contributed by atoms with Crippen molar-refractivity contribution in [2.75, 3.05) is 39.2 Å². The molecule has 0 aliphatic carbocycles. The molecular weight excluding hydrogens is 762 g/mol. The van der Waals surface area contributed by atoms with Gasteiger partial charge < -0.3 is 39.2 Å². The van der Waals surface area contributed by atoms with E-state index in [-0.39, 0.29) is 25.8 Å². The van der Waals surface area contributed by atoms with Crippen LogP contribution >= 0.6 is 0 Å². The van der Waals surface area contributed by atoms with Crippen LogP contribution in [0.4, 0.5) is 10.5 Å². The van der Waals surface area contributed by atoms with E-state index in [2.05, 4.69) is 5.32 Å². The summed E-state index contributed by atoms with van der Waals surface area (Å²) < 4.78 is 22.3. The van der Waals surface area contributed by atoms with Crippen LogP contribution in [0.15, 0.2) is 54.6 Å². The number of esters is 2. The van der Waals surface area contributed by atoms with Gasteiger partial charge in [-0.1, -0.05) is 30.3 Å². The number of carbonyl (C=O) groups excluding carboxylic acids is 6. The zero-order chi connectivity index (χ0) is 43.9. The number of hydrogen-bond acceptors (Lipinski definition) is 11. The SMILES string of the molecule is COc1cc(CC[C@@H](OC(=O)[C@@H]2CCCCN2C(=O)C(=O)C(C)(C)COC(=O)/C=C/CCN(C)C(=O)OC(C)(C)C)c2cccc(NC(=O)CCC(=O)O)c2)ccc1C. The van der Waals surface area contributed by atoms with Crippen LogP contribution in [-0.4, -0.2) is 102 Å². The van der Waals surface area contributed by atoms with E-state index in [1.54, 1.807) is 59.2 Å². The Morgan fingerprint density at radius 2 is 1.73 bits per heavy atom. The van der Waals surface area contributed by atoms with Gasteiger partial charge in [-0.3, -0.25) is 19.2 Å². The molecule has 2 N–H and O–H groups in total. The molecule has 2 aromatic carbocycles. The zero-order valence-corrected chi connectivity index (χ0v) is 35.5. The van der Waals surface area contributed by atoms with Crippen molar-refractivity contribution in [3.05, 3.63) is 71.3 Å². The van der Waals surface area contributed by atoms with E-state index in [0.29, 0.717) is 55.6 Å². The Bertz CT molecular complexity index is 1860. The number of aliphatic carboxylic acids is 1. The number of amides is 3. The Morgan fingerprint density at radius 3 is 2.41 bits per heavy atom. The van der Waals surface area contributed by atoms with Gasteiger partial charge in [0.2, 0.25) is 11.7 Å². The third-order valence-corrected chi connectivity index (χ3v) is 9.54. The number of carboxylic acids is 1. The van der Waals surface area contributed by atoms with Crippen LogP contribution in [0.5, 0.6) is 5.75 Å². The minimum atomic E-state index is -1.42. The molecular formula is C44H59N3O12. The number of anilines is 1. The minimum absolute atomic E-state index is 0.145. The maximum atomic E-state index is 14.0. The molecule has 2 aromatic rings. The highest BCUT2D eigenvalue weighted by Gasteiger charge is 2.42. The van der Waals surface area contributed by atoms with Crippen molar-refractivity contribution in [2.45, 2.75) is 111 Å². The molecule has 1 heterocycles. The highest BCUT2D eigenvalue weighted by molar-refractivity contribution is 6.38. The number of Topliss-reactive ketones (excluding diaryl/α,β-unsaturated/α-hetero) is 1. The fourth-order valence-corrected chi connectivity index (χ4v) is 6.17. The van der Waals surface area contributed by atoms with Crippen molar-refractivity contribution in [1.29, 1.82) is 0 Å². The Labute approximate surface area is 346 Å². The van der Waals surface area contributed by atoms with Gasteiger partial charge >= 0.3 is 24.0 Å². The lowest BCUT2D eigenvalue weighted by atomic mass is 9.87. The van der Waals surface area contributed by atoms with Crippen LogP contribution in [0.2, 0.25) is 0 Å². The van der Waals surface area contributed by atoms with Gasteiger partial charge in [0.25, 0.3) is 5.91 Å². The van der Waals surface area contributed by atoms with Crippen LogP contribution in [-0.2, 0) is 49.4 Å². The van der Waals surface area contributed by atoms with Gasteiger partial charge in [0.05, 0.1) is 18.9 Å². The quantitative estimate of drug-likeness (QED) is 0.0691. The van der Waals surface area contributed by atoms with Crippen LogP contribution in [0.25, 0.3) is 0 Å². The predicted octanol–water partition coefficient (Wildman–Crippen LogP) is 6.36. The maximum absolute atomic E-state index is 14.0. The standard InChI is InChI=1S/C44H59N3O12/c1-29-18-19-30(26-35(29)56-8)20-21-34(31-14-13-15-32(27-31)45-36(48)22-23-37(49)50)58-41(54)33-16-9-12-25-47(33)40(53)39(52)44(5,6)28-57-38(51)17-10-11-24-46(7)42(55)59-43(2,3)4/h10,13-15,17-19,26-27,33-34H,9,11-12,16,20-25,28H2,1-8H3,(H,45,48)(H,49,50)/b17-10+/t33-,34+/m0/s1. The Morgan fingerprint density at radius 1 is 1.00 bits per heavy atom. The second kappa shape index (κ2) is 21.9. The van der Waals surface area contributed by atoms with E-state index >= 15 is 0 Å². The second-order valence-corrected chi connectivity index (χ2v) is 16.3. The molecule has 15 heteroatoms. The highest BCUT2D eigenvalue weighted by atomic mass is 16.6. The molecule has 2 atom stereocenters. The number of ether oxygens (including phenoxy) is 4. The van der Waals surface area contributed by atoms with E-state index in [1.807, 2.05) is 25.1 Å². The first kappa shape index (κ1) is 47.6. The summed E-state index contributed by atoms with van der Waals surface area (Å²) in [6, 6.07) is 11.5. The lowest BCUT2D eigenvalue weighted by Gasteiger charge is -2.36. The average Bonchev–Trinajstić information content (AvgIpc) is 3.18. The number of carboxylic acid groups (broad SMARTS) is 1. The molecule has 1 fully saturated rings. The van der Waals surface area contributed by atoms with Crippen LogP contribution in [0.3, 0.4) is 0 Å². The molecule has 0 radical (unpaired) electrons. The second-order valence-electron chi connectivity index (χ2n) is 16.3. The van der Waals surface area contributed by atoms with E-state index in [0.717, 1.165) is 11.1 Å². The first-order valence-electron chi connectivity index (χ1n) is 19.8. The number of hydrogen-bond donors (Lipinski definition) is 2. The fraction of sp³-hybridized carbons (Fsp3) is 0.523. The van der Waals surface area contributed by atoms with E-state index in [9.17, 15) is 33.6 Å². The number of ketones is 1. The van der Waals surface area contributed by atoms with Crippen LogP contribution in [0, 0.1) is 12.3 Å². The molecule has 0 unspecified atom stereocenters. The molecule has 0 spiro atoms. The summed E-state index contributed by atoms with van der Waals surface area (Å²) in [5, 5.41) is 11.7. The summed E-state index contributed by atoms with van der Waals surface area (Å²) in [6.45, 7) is 10.2. The van der Waals surface area contributed by atoms with Crippen molar-refractivity contribution < 1.29 is 57.6 Å². The van der Waals surface area contributed by atoms with Crippen molar-refractivity contribution in [1.82, 2.24) is 9.80 Å². The largest absolute Gasteiger partial charge is 0.496 e. The number of benzene rings is 2. The van der Waals surface area contributed by atoms with Crippen molar-refractivity contribution >= 4 is 47.3 Å². The third-order valence-electron chi connectivity index (χ3n) is 9.54. The number of carbonyl (C=O) groups is 7. The van der Waals surface area contributed by atoms with Crippen molar-refractivity contribution in [3.8, 4) is 5.75 Å².